The van der Waals surface area contributed by atoms with Gasteiger partial charge in [0, 0.05) is 18.0 Å². The first kappa shape index (κ1) is 9.64. The molecule has 0 aliphatic carbocycles. The molecule has 0 bridgehead atoms. The van der Waals surface area contributed by atoms with Gasteiger partial charge in [-0.15, -0.1) is 0 Å². The van der Waals surface area contributed by atoms with Gasteiger partial charge in [0.05, 0.1) is 0 Å². The van der Waals surface area contributed by atoms with Crippen molar-refractivity contribution in [2.45, 2.75) is 13.3 Å². The number of hydrogen-bond acceptors (Lipinski definition) is 2. The molecule has 0 spiro atoms. The molecule has 0 radical (unpaired) electrons. The largest absolute Gasteiger partial charge is 0.550 e. The summed E-state index contributed by atoms with van der Waals surface area (Å²) in [6.07, 6.45) is -0.737. The second-order valence-electron chi connectivity index (χ2n) is 2.71. The molecule has 1 aromatic rings. The Kier molecular flexibility index (Phi) is 2.60. The van der Waals surface area contributed by atoms with Crippen molar-refractivity contribution in [2.75, 3.05) is 0 Å². The van der Waals surface area contributed by atoms with Gasteiger partial charge >= 0.3 is 0 Å². The molecule has 0 heterocycles. The van der Waals surface area contributed by atoms with Crippen LogP contribution in [0.25, 0.3) is 0 Å². The van der Waals surface area contributed by atoms with Gasteiger partial charge in [0.15, 0.2) is 0 Å². The van der Waals surface area contributed by atoms with E-state index in [0.29, 0.717) is 0 Å². The van der Waals surface area contributed by atoms with Crippen molar-refractivity contribution in [3.05, 3.63) is 34.9 Å². The fourth-order valence-corrected chi connectivity index (χ4v) is 1.02. The van der Waals surface area contributed by atoms with Crippen LogP contribution in [0.1, 0.15) is 11.1 Å². The number of halogens is 2. The first-order valence-corrected chi connectivity index (χ1v) is 3.65. The van der Waals surface area contributed by atoms with E-state index >= 15 is 0 Å². The number of aryl methyl sites for hydroxylation is 1. The molecule has 1 rings (SSSR count). The highest BCUT2D eigenvalue weighted by atomic mass is 19.1. The van der Waals surface area contributed by atoms with Crippen LogP contribution in [0, 0.1) is 18.6 Å². The molecular weight excluding hydrogens is 178 g/mol. The van der Waals surface area contributed by atoms with Gasteiger partial charge in [-0.25, -0.2) is 8.78 Å². The van der Waals surface area contributed by atoms with E-state index in [2.05, 4.69) is 0 Å². The molecule has 0 saturated carbocycles. The van der Waals surface area contributed by atoms with E-state index in [4.69, 9.17) is 0 Å². The fraction of sp³-hybridized carbons (Fsp3) is 0.222. The van der Waals surface area contributed by atoms with E-state index in [1.807, 2.05) is 0 Å². The van der Waals surface area contributed by atoms with Gasteiger partial charge in [0.2, 0.25) is 0 Å². The van der Waals surface area contributed by atoms with E-state index in [9.17, 15) is 18.7 Å². The smallest absolute Gasteiger partial charge is 0.132 e. The Balaban J connectivity index is 3.17. The zero-order chi connectivity index (χ0) is 10.0. The zero-order valence-corrected chi connectivity index (χ0v) is 6.93. The summed E-state index contributed by atoms with van der Waals surface area (Å²) in [5, 5.41) is 10.1. The summed E-state index contributed by atoms with van der Waals surface area (Å²) in [5.74, 6) is -3.17. The number of rotatable bonds is 2. The zero-order valence-electron chi connectivity index (χ0n) is 6.93. The van der Waals surface area contributed by atoms with Crippen LogP contribution < -0.4 is 5.11 Å². The number of carbonyl (C=O) groups is 1. The number of carboxylic acids is 1. The van der Waals surface area contributed by atoms with E-state index in [-0.39, 0.29) is 5.56 Å². The molecular formula is C9H7F2O2-. The van der Waals surface area contributed by atoms with Gasteiger partial charge in [-0.3, -0.25) is 0 Å². The molecule has 0 unspecified atom stereocenters. The summed E-state index contributed by atoms with van der Waals surface area (Å²) in [6.45, 7) is 1.44. The normalized spacial score (nSPS) is 10.1. The second-order valence-corrected chi connectivity index (χ2v) is 2.71. The number of carboxylic acid groups (broad SMARTS) is 1. The predicted molar refractivity (Wildman–Crippen MR) is 39.8 cm³/mol. The second kappa shape index (κ2) is 3.51. The molecule has 2 nitrogen and oxygen atoms in total. The third kappa shape index (κ3) is 2.02. The highest BCUT2D eigenvalue weighted by molar-refractivity contribution is 5.68. The fourth-order valence-electron chi connectivity index (χ4n) is 1.02. The summed E-state index contributed by atoms with van der Waals surface area (Å²) >= 11 is 0. The number of aliphatic carboxylic acids is 1. The average Bonchev–Trinajstić information content (AvgIpc) is 2.05. The lowest BCUT2D eigenvalue weighted by Crippen LogP contribution is -2.25. The highest BCUT2D eigenvalue weighted by Gasteiger charge is 2.10. The summed E-state index contributed by atoms with van der Waals surface area (Å²) < 4.78 is 26.0. The molecule has 0 fully saturated rings. The Hall–Kier alpha value is -1.45. The van der Waals surface area contributed by atoms with Crippen LogP contribution in [0.4, 0.5) is 8.78 Å². The molecule has 70 valence electrons. The third-order valence-corrected chi connectivity index (χ3v) is 1.70. The first-order chi connectivity index (χ1) is 6.02. The van der Waals surface area contributed by atoms with Crippen molar-refractivity contribution in [3.8, 4) is 0 Å². The molecule has 0 amide bonds. The topological polar surface area (TPSA) is 40.1 Å². The molecule has 0 N–H and O–H groups in total. The Morgan fingerprint density at radius 3 is 2.62 bits per heavy atom. The minimum atomic E-state index is -1.50. The van der Waals surface area contributed by atoms with Crippen LogP contribution in [-0.4, -0.2) is 5.97 Å². The summed E-state index contributed by atoms with van der Waals surface area (Å²) in [7, 11) is 0. The van der Waals surface area contributed by atoms with Crippen LogP contribution in [-0.2, 0) is 11.2 Å². The Morgan fingerprint density at radius 1 is 1.46 bits per heavy atom. The molecule has 0 aliphatic heterocycles. The Bertz CT molecular complexity index is 348. The molecule has 4 heteroatoms. The van der Waals surface area contributed by atoms with Gasteiger partial charge in [0.25, 0.3) is 0 Å². The third-order valence-electron chi connectivity index (χ3n) is 1.70. The molecule has 0 saturated heterocycles. The van der Waals surface area contributed by atoms with E-state index < -0.39 is 29.6 Å². The monoisotopic (exact) mass is 185 g/mol. The number of carbonyl (C=O) groups excluding carboxylic acids is 1. The number of hydrogen-bond donors (Lipinski definition) is 0. The van der Waals surface area contributed by atoms with E-state index in [0.717, 1.165) is 6.07 Å². The maximum absolute atomic E-state index is 13.1. The van der Waals surface area contributed by atoms with Crippen molar-refractivity contribution in [2.24, 2.45) is 0 Å². The molecule has 0 aliphatic rings. The molecule has 0 atom stereocenters. The maximum Gasteiger partial charge on any atom is 0.132 e. The summed E-state index contributed by atoms with van der Waals surface area (Å²) in [5.41, 5.74) is -0.224. The van der Waals surface area contributed by atoms with Gasteiger partial charge in [-0.1, -0.05) is 6.07 Å². The van der Waals surface area contributed by atoms with Crippen molar-refractivity contribution in [3.63, 3.8) is 0 Å². The Labute approximate surface area is 73.8 Å². The van der Waals surface area contributed by atoms with Gasteiger partial charge in [-0.2, -0.15) is 0 Å². The van der Waals surface area contributed by atoms with Crippen molar-refractivity contribution >= 4 is 5.97 Å². The summed E-state index contributed by atoms with van der Waals surface area (Å²) in [6, 6.07) is 2.29. The molecule has 1 aromatic carbocycles. The van der Waals surface area contributed by atoms with Crippen LogP contribution in [0.2, 0.25) is 0 Å². The minimum absolute atomic E-state index is 0.220. The van der Waals surface area contributed by atoms with Crippen LogP contribution in [0.15, 0.2) is 12.1 Å². The molecule has 13 heavy (non-hydrogen) atoms. The quantitative estimate of drug-likeness (QED) is 0.675. The van der Waals surface area contributed by atoms with Crippen LogP contribution in [0.5, 0.6) is 0 Å². The SMILES string of the molecule is Cc1ccc(F)c(CC(=O)[O-])c1F. The van der Waals surface area contributed by atoms with Gasteiger partial charge in [0.1, 0.15) is 11.6 Å². The standard InChI is InChI=1S/C9H8F2O2/c1-5-2-3-7(10)6(9(5)11)4-8(12)13/h2-3H,4H2,1H3,(H,12,13)/p-1. The van der Waals surface area contributed by atoms with Crippen LogP contribution in [0.3, 0.4) is 0 Å². The predicted octanol–water partition coefficient (Wildman–Crippen LogP) is 0.566. The van der Waals surface area contributed by atoms with Crippen molar-refractivity contribution in [1.82, 2.24) is 0 Å². The van der Waals surface area contributed by atoms with Crippen molar-refractivity contribution < 1.29 is 18.7 Å². The minimum Gasteiger partial charge on any atom is -0.550 e. The lowest BCUT2D eigenvalue weighted by atomic mass is 10.1. The molecule has 0 aromatic heterocycles. The lowest BCUT2D eigenvalue weighted by Gasteiger charge is -2.07. The first-order valence-electron chi connectivity index (χ1n) is 3.65. The summed E-state index contributed by atoms with van der Waals surface area (Å²) in [4.78, 5) is 10.1. The van der Waals surface area contributed by atoms with E-state index in [1.54, 1.807) is 0 Å². The maximum atomic E-state index is 13.1. The van der Waals surface area contributed by atoms with Gasteiger partial charge < -0.3 is 9.90 Å². The number of benzene rings is 1. The average molecular weight is 185 g/mol. The van der Waals surface area contributed by atoms with E-state index in [1.165, 1.54) is 13.0 Å². The highest BCUT2D eigenvalue weighted by Crippen LogP contribution is 2.16. The van der Waals surface area contributed by atoms with Crippen LogP contribution >= 0.6 is 0 Å². The van der Waals surface area contributed by atoms with Crippen molar-refractivity contribution in [1.29, 1.82) is 0 Å². The van der Waals surface area contributed by atoms with Gasteiger partial charge in [-0.05, 0) is 18.6 Å². The Morgan fingerprint density at radius 2 is 2.08 bits per heavy atom. The lowest BCUT2D eigenvalue weighted by molar-refractivity contribution is -0.304.